The van der Waals surface area contributed by atoms with E-state index in [9.17, 15) is 9.59 Å². The van der Waals surface area contributed by atoms with Gasteiger partial charge in [-0.1, -0.05) is 43.0 Å². The van der Waals surface area contributed by atoms with Crippen molar-refractivity contribution in [1.29, 1.82) is 0 Å². The summed E-state index contributed by atoms with van der Waals surface area (Å²) in [7, 11) is 1.30. The van der Waals surface area contributed by atoms with Crippen molar-refractivity contribution in [3.63, 3.8) is 0 Å². The molecule has 1 heterocycles. The highest BCUT2D eigenvalue weighted by molar-refractivity contribution is 6.01. The van der Waals surface area contributed by atoms with Crippen molar-refractivity contribution in [3.05, 3.63) is 103 Å². The lowest BCUT2D eigenvalue weighted by molar-refractivity contribution is -0.115. The average Bonchev–Trinajstić information content (AvgIpc) is 2.88. The third-order valence-electron chi connectivity index (χ3n) is 5.14. The number of amides is 1. The molecule has 1 N–H and O–H groups in total. The third kappa shape index (κ3) is 6.03. The minimum atomic E-state index is -0.515. The van der Waals surface area contributed by atoms with E-state index in [0.717, 1.165) is 16.5 Å². The molecule has 0 unspecified atom stereocenters. The molecule has 0 aliphatic carbocycles. The largest absolute Gasteiger partial charge is 0.490 e. The SMILES string of the molecule is C=CCOc1ccc2cc(Oc3ccc(CC(=O)Nc4ccccc4C(=O)OC)cn3)ccc2c1. The first-order valence-corrected chi connectivity index (χ1v) is 10.9. The van der Waals surface area contributed by atoms with Gasteiger partial charge in [0.25, 0.3) is 0 Å². The Morgan fingerprint density at radius 3 is 2.43 bits per heavy atom. The summed E-state index contributed by atoms with van der Waals surface area (Å²) < 4.78 is 16.2. The molecular weight excluding hydrogens is 444 g/mol. The Morgan fingerprint density at radius 1 is 0.971 bits per heavy atom. The molecular formula is C28H24N2O5. The van der Waals surface area contributed by atoms with Crippen LogP contribution in [0.4, 0.5) is 5.69 Å². The molecule has 7 nitrogen and oxygen atoms in total. The van der Waals surface area contributed by atoms with Crippen molar-refractivity contribution in [3.8, 4) is 17.4 Å². The van der Waals surface area contributed by atoms with Crippen molar-refractivity contribution in [2.75, 3.05) is 19.0 Å². The molecule has 35 heavy (non-hydrogen) atoms. The van der Waals surface area contributed by atoms with Crippen LogP contribution in [0.5, 0.6) is 17.4 Å². The van der Waals surface area contributed by atoms with E-state index in [0.29, 0.717) is 35.1 Å². The molecule has 1 amide bonds. The molecule has 0 aliphatic rings. The van der Waals surface area contributed by atoms with Crippen LogP contribution in [0.1, 0.15) is 15.9 Å². The predicted octanol–water partition coefficient (Wildman–Crippen LogP) is 5.56. The first kappa shape index (κ1) is 23.5. The highest BCUT2D eigenvalue weighted by atomic mass is 16.5. The molecule has 7 heteroatoms. The van der Waals surface area contributed by atoms with Crippen molar-refractivity contribution in [1.82, 2.24) is 4.98 Å². The molecule has 4 rings (SSSR count). The van der Waals surface area contributed by atoms with Crippen molar-refractivity contribution in [2.24, 2.45) is 0 Å². The molecule has 0 saturated heterocycles. The molecule has 0 radical (unpaired) electrons. The zero-order chi connectivity index (χ0) is 24.6. The summed E-state index contributed by atoms with van der Waals surface area (Å²) in [6.07, 6.45) is 3.39. The van der Waals surface area contributed by atoms with Crippen LogP contribution in [0.2, 0.25) is 0 Å². The van der Waals surface area contributed by atoms with E-state index in [4.69, 9.17) is 14.2 Å². The minimum absolute atomic E-state index is 0.0923. The van der Waals surface area contributed by atoms with Gasteiger partial charge in [-0.2, -0.15) is 0 Å². The zero-order valence-electron chi connectivity index (χ0n) is 19.2. The Morgan fingerprint density at radius 2 is 1.71 bits per heavy atom. The predicted molar refractivity (Wildman–Crippen MR) is 134 cm³/mol. The maximum atomic E-state index is 12.5. The Hall–Kier alpha value is -4.65. The van der Waals surface area contributed by atoms with Gasteiger partial charge in [-0.3, -0.25) is 4.79 Å². The summed E-state index contributed by atoms with van der Waals surface area (Å²) in [6.45, 7) is 4.11. The smallest absolute Gasteiger partial charge is 0.339 e. The van der Waals surface area contributed by atoms with Crippen LogP contribution in [0, 0.1) is 0 Å². The number of benzene rings is 3. The monoisotopic (exact) mass is 468 g/mol. The standard InChI is InChI=1S/C28H24N2O5/c1-3-14-34-22-11-9-21-17-23(12-10-20(21)16-22)35-27-13-8-19(18-29-27)15-26(31)30-25-7-5-4-6-24(25)28(32)33-2/h3-13,16-18H,1,14-15H2,2H3,(H,30,31). The highest BCUT2D eigenvalue weighted by Gasteiger charge is 2.14. The Balaban J connectivity index is 1.38. The van der Waals surface area contributed by atoms with E-state index in [2.05, 4.69) is 16.9 Å². The number of pyridine rings is 1. The van der Waals surface area contributed by atoms with Crippen LogP contribution in [0.3, 0.4) is 0 Å². The second-order valence-corrected chi connectivity index (χ2v) is 7.64. The van der Waals surface area contributed by atoms with E-state index in [1.165, 1.54) is 7.11 Å². The summed E-state index contributed by atoms with van der Waals surface area (Å²) in [5.74, 6) is 1.05. The zero-order valence-corrected chi connectivity index (χ0v) is 19.2. The summed E-state index contributed by atoms with van der Waals surface area (Å²) >= 11 is 0. The lowest BCUT2D eigenvalue weighted by atomic mass is 10.1. The van der Waals surface area contributed by atoms with Crippen LogP contribution >= 0.6 is 0 Å². The summed E-state index contributed by atoms with van der Waals surface area (Å²) in [5, 5.41) is 4.79. The van der Waals surface area contributed by atoms with E-state index in [1.807, 2.05) is 36.4 Å². The molecule has 0 aliphatic heterocycles. The quantitative estimate of drug-likeness (QED) is 0.256. The number of para-hydroxylation sites is 1. The maximum absolute atomic E-state index is 12.5. The number of esters is 1. The number of carbonyl (C=O) groups is 2. The second-order valence-electron chi connectivity index (χ2n) is 7.64. The number of carbonyl (C=O) groups excluding carboxylic acids is 2. The number of ether oxygens (including phenoxy) is 3. The number of nitrogens with zero attached hydrogens (tertiary/aromatic N) is 1. The Bertz CT molecular complexity index is 1370. The van der Waals surface area contributed by atoms with E-state index < -0.39 is 5.97 Å². The minimum Gasteiger partial charge on any atom is -0.490 e. The fourth-order valence-electron chi connectivity index (χ4n) is 3.47. The van der Waals surface area contributed by atoms with Crippen LogP contribution < -0.4 is 14.8 Å². The lowest BCUT2D eigenvalue weighted by Crippen LogP contribution is -2.17. The van der Waals surface area contributed by atoms with Crippen molar-refractivity contribution < 1.29 is 23.8 Å². The second kappa shape index (κ2) is 11.0. The van der Waals surface area contributed by atoms with Gasteiger partial charge in [-0.15, -0.1) is 0 Å². The van der Waals surface area contributed by atoms with Gasteiger partial charge in [-0.05, 0) is 52.7 Å². The van der Waals surface area contributed by atoms with E-state index in [1.54, 1.807) is 48.7 Å². The normalized spacial score (nSPS) is 10.4. The number of fused-ring (bicyclic) bond motifs is 1. The Kier molecular flexibility index (Phi) is 7.37. The van der Waals surface area contributed by atoms with E-state index in [-0.39, 0.29) is 12.3 Å². The molecule has 176 valence electrons. The first-order valence-electron chi connectivity index (χ1n) is 10.9. The number of hydrogen-bond donors (Lipinski definition) is 1. The van der Waals surface area contributed by atoms with Gasteiger partial charge in [0.2, 0.25) is 11.8 Å². The van der Waals surface area contributed by atoms with Gasteiger partial charge in [0, 0.05) is 12.3 Å². The van der Waals surface area contributed by atoms with Crippen LogP contribution in [0.25, 0.3) is 10.8 Å². The van der Waals surface area contributed by atoms with Gasteiger partial charge < -0.3 is 19.5 Å². The molecule has 0 saturated carbocycles. The number of rotatable bonds is 9. The third-order valence-corrected chi connectivity index (χ3v) is 5.14. The number of anilines is 1. The first-order chi connectivity index (χ1) is 17.1. The number of nitrogens with one attached hydrogen (secondary N) is 1. The number of aromatic nitrogens is 1. The molecule has 0 spiro atoms. The molecule has 0 fully saturated rings. The van der Waals surface area contributed by atoms with Crippen LogP contribution in [-0.4, -0.2) is 30.6 Å². The summed E-state index contributed by atoms with van der Waals surface area (Å²) in [5.41, 5.74) is 1.39. The van der Waals surface area contributed by atoms with Crippen LogP contribution in [-0.2, 0) is 16.0 Å². The van der Waals surface area contributed by atoms with Gasteiger partial charge in [0.1, 0.15) is 18.1 Å². The number of methoxy groups -OCH3 is 1. The van der Waals surface area contributed by atoms with Gasteiger partial charge in [0.05, 0.1) is 24.8 Å². The number of hydrogen-bond acceptors (Lipinski definition) is 6. The van der Waals surface area contributed by atoms with Crippen molar-refractivity contribution in [2.45, 2.75) is 6.42 Å². The maximum Gasteiger partial charge on any atom is 0.339 e. The molecule has 0 atom stereocenters. The topological polar surface area (TPSA) is 86.8 Å². The lowest BCUT2D eigenvalue weighted by Gasteiger charge is -2.10. The van der Waals surface area contributed by atoms with Crippen LogP contribution in [0.15, 0.2) is 91.6 Å². The molecule has 4 aromatic rings. The highest BCUT2D eigenvalue weighted by Crippen LogP contribution is 2.27. The fourth-order valence-corrected chi connectivity index (χ4v) is 3.47. The molecule has 1 aromatic heterocycles. The Labute approximate surface area is 203 Å². The van der Waals surface area contributed by atoms with Crippen molar-refractivity contribution >= 4 is 28.3 Å². The fraction of sp³-hybridized carbons (Fsp3) is 0.107. The molecule has 0 bridgehead atoms. The van der Waals surface area contributed by atoms with Gasteiger partial charge in [0.15, 0.2) is 0 Å². The average molecular weight is 469 g/mol. The summed E-state index contributed by atoms with van der Waals surface area (Å²) in [6, 6.07) is 21.7. The van der Waals surface area contributed by atoms with Gasteiger partial charge >= 0.3 is 5.97 Å². The summed E-state index contributed by atoms with van der Waals surface area (Å²) in [4.78, 5) is 28.7. The van der Waals surface area contributed by atoms with Gasteiger partial charge in [-0.25, -0.2) is 9.78 Å². The van der Waals surface area contributed by atoms with E-state index >= 15 is 0 Å². The molecule has 3 aromatic carbocycles.